The molecule has 0 aromatic heterocycles. The Balaban J connectivity index is 1.46. The van der Waals surface area contributed by atoms with Gasteiger partial charge in [-0.1, -0.05) is 20.8 Å². The first-order valence-electron chi connectivity index (χ1n) is 15.7. The molecule has 0 amide bonds. The lowest BCUT2D eigenvalue weighted by Gasteiger charge is -2.63. The number of allylic oxidation sites excluding steroid dienone is 2. The van der Waals surface area contributed by atoms with Gasteiger partial charge in [-0.3, -0.25) is 18.9 Å². The number of ether oxygens (including phenoxy) is 5. The summed E-state index contributed by atoms with van der Waals surface area (Å²) < 4.78 is 84.9. The molecule has 0 aromatic carbocycles. The van der Waals surface area contributed by atoms with Crippen molar-refractivity contribution in [2.24, 2.45) is 46.3 Å². The molecule has 0 spiro atoms. The third-order valence-electron chi connectivity index (χ3n) is 12.2. The first-order chi connectivity index (χ1) is 21.6. The highest BCUT2D eigenvalue weighted by molar-refractivity contribution is 7.86. The van der Waals surface area contributed by atoms with Gasteiger partial charge in [0.25, 0.3) is 19.4 Å². The van der Waals surface area contributed by atoms with Crippen molar-refractivity contribution in [3.05, 3.63) is 11.3 Å². The average Bonchev–Trinajstić information content (AvgIpc) is 3.31. The molecule has 1 N–H and O–H groups in total. The molecule has 12 nitrogen and oxygen atoms in total. The van der Waals surface area contributed by atoms with E-state index in [0.29, 0.717) is 70.1 Å². The van der Waals surface area contributed by atoms with Gasteiger partial charge < -0.3 is 23.7 Å². The second-order valence-corrected chi connectivity index (χ2v) is 15.7. The van der Waals surface area contributed by atoms with Gasteiger partial charge in [-0.05, 0) is 85.5 Å². The number of carbonyl (C=O) groups is 4. The lowest BCUT2D eigenvalue weighted by atomic mass is 9.43. The molecule has 4 fully saturated rings. The van der Waals surface area contributed by atoms with Gasteiger partial charge in [-0.25, -0.2) is 4.79 Å². The van der Waals surface area contributed by atoms with E-state index in [2.05, 4.69) is 25.5 Å². The van der Waals surface area contributed by atoms with Gasteiger partial charge in [-0.2, -0.15) is 17.2 Å². The molecule has 3 unspecified atom stereocenters. The molecule has 11 atom stereocenters. The minimum Gasteiger partial charge on any atom is -0.486 e. The van der Waals surface area contributed by atoms with Crippen molar-refractivity contribution < 1.29 is 64.6 Å². The third-order valence-corrected chi connectivity index (χ3v) is 13.1. The largest absolute Gasteiger partial charge is 0.486 e. The van der Waals surface area contributed by atoms with Crippen molar-refractivity contribution in [2.75, 3.05) is 13.2 Å². The van der Waals surface area contributed by atoms with Crippen LogP contribution in [0.2, 0.25) is 0 Å². The topological polar surface area (TPSA) is 169 Å². The van der Waals surface area contributed by atoms with Crippen molar-refractivity contribution in [2.45, 2.75) is 95.7 Å². The summed E-state index contributed by atoms with van der Waals surface area (Å²) in [7, 11) is -5.77. The summed E-state index contributed by atoms with van der Waals surface area (Å²) in [6.45, 7) is 5.28. The second-order valence-electron chi connectivity index (χ2n) is 14.2. The van der Waals surface area contributed by atoms with Crippen molar-refractivity contribution >= 4 is 35.5 Å². The van der Waals surface area contributed by atoms with E-state index >= 15 is 0 Å². The predicted molar refractivity (Wildman–Crippen MR) is 153 cm³/mol. The Labute approximate surface area is 266 Å². The molecular formula is C31H42F2O12S. The Hall–Kier alpha value is -2.81. The number of carbonyl (C=O) groups excluding carboxylic acids is 4. The first kappa shape index (κ1) is 34.5. The Kier molecular flexibility index (Phi) is 9.50. The van der Waals surface area contributed by atoms with Crippen LogP contribution in [0.15, 0.2) is 11.3 Å². The monoisotopic (exact) mass is 676 g/mol. The van der Waals surface area contributed by atoms with Crippen LogP contribution >= 0.6 is 0 Å². The average molecular weight is 677 g/mol. The quantitative estimate of drug-likeness (QED) is 0.138. The van der Waals surface area contributed by atoms with Crippen molar-refractivity contribution in [1.82, 2.24) is 0 Å². The van der Waals surface area contributed by atoms with Crippen LogP contribution < -0.4 is 0 Å². The summed E-state index contributed by atoms with van der Waals surface area (Å²) in [5.74, 6) is -0.734. The van der Waals surface area contributed by atoms with Gasteiger partial charge in [0.2, 0.25) is 0 Å². The Morgan fingerprint density at radius 1 is 1.02 bits per heavy atom. The summed E-state index contributed by atoms with van der Waals surface area (Å²) >= 11 is 0. The van der Waals surface area contributed by atoms with Crippen LogP contribution in [0.25, 0.3) is 0 Å². The number of hydrogen-bond donors (Lipinski definition) is 1. The standard InChI is InChI=1S/C31H42F2O12S/c1-17-4-5-23(41-12-26(37)42-13-31(32,33)46(38,39)40)20-10-22-27-21(11-25(45-16-36)30(22,3)28(17)20)29(2)7-6-19(43-14-34)8-18(29)9-24(27)44-15-35/h14-19,21-22,24-25,27-28H,4-13H2,1-3H3,(H,38,39,40)/t17-,18+,19?,21+,22+,24?,25?,27-,28+,29+,30-/m1/s1. The van der Waals surface area contributed by atoms with Gasteiger partial charge in [0.1, 0.15) is 18.3 Å². The molecule has 0 bridgehead atoms. The van der Waals surface area contributed by atoms with Gasteiger partial charge in [0, 0.05) is 17.8 Å². The maximum Gasteiger partial charge on any atom is 0.402 e. The first-order valence-corrected chi connectivity index (χ1v) is 17.2. The van der Waals surface area contributed by atoms with Crippen molar-refractivity contribution in [3.63, 3.8) is 0 Å². The molecule has 0 saturated heterocycles. The molecule has 258 valence electrons. The van der Waals surface area contributed by atoms with Gasteiger partial charge in [0.05, 0.1) is 5.76 Å². The van der Waals surface area contributed by atoms with E-state index in [1.54, 1.807) is 0 Å². The van der Waals surface area contributed by atoms with E-state index in [9.17, 15) is 36.4 Å². The van der Waals surface area contributed by atoms with Gasteiger partial charge in [0.15, 0.2) is 13.2 Å². The van der Waals surface area contributed by atoms with Crippen molar-refractivity contribution in [3.8, 4) is 0 Å². The van der Waals surface area contributed by atoms with E-state index in [1.807, 2.05) is 0 Å². The van der Waals surface area contributed by atoms with E-state index in [1.165, 1.54) is 0 Å². The van der Waals surface area contributed by atoms with E-state index in [4.69, 9.17) is 23.5 Å². The van der Waals surface area contributed by atoms with Crippen LogP contribution in [0.1, 0.15) is 72.1 Å². The number of esters is 1. The summed E-state index contributed by atoms with van der Waals surface area (Å²) in [6, 6.07) is 0. The second kappa shape index (κ2) is 12.7. The Bertz CT molecular complexity index is 1350. The molecular weight excluding hydrogens is 634 g/mol. The number of hydrogen-bond acceptors (Lipinski definition) is 11. The highest BCUT2D eigenvalue weighted by Crippen LogP contribution is 2.71. The molecule has 4 saturated carbocycles. The zero-order valence-electron chi connectivity index (χ0n) is 26.1. The molecule has 0 radical (unpaired) electrons. The van der Waals surface area contributed by atoms with Gasteiger partial charge in [-0.15, -0.1) is 0 Å². The molecule has 5 aliphatic carbocycles. The van der Waals surface area contributed by atoms with Crippen LogP contribution in [0, 0.1) is 46.3 Å². The molecule has 0 aromatic rings. The highest BCUT2D eigenvalue weighted by Gasteiger charge is 2.69. The van der Waals surface area contributed by atoms with Crippen LogP contribution in [0.3, 0.4) is 0 Å². The zero-order chi connectivity index (χ0) is 33.7. The molecule has 5 aliphatic rings. The summed E-state index contributed by atoms with van der Waals surface area (Å²) in [6.07, 6.45) is 3.85. The number of halogens is 2. The van der Waals surface area contributed by atoms with Crippen LogP contribution in [-0.4, -0.2) is 75.1 Å². The van der Waals surface area contributed by atoms with E-state index < -0.39 is 52.2 Å². The van der Waals surface area contributed by atoms with Gasteiger partial charge >= 0.3 is 21.3 Å². The summed E-state index contributed by atoms with van der Waals surface area (Å²) in [5.41, 5.74) is 0.168. The number of fused-ring (bicyclic) bond motifs is 7. The smallest absolute Gasteiger partial charge is 0.402 e. The fraction of sp³-hybridized carbons (Fsp3) is 0.806. The van der Waals surface area contributed by atoms with Crippen LogP contribution in [0.4, 0.5) is 8.78 Å². The fourth-order valence-corrected chi connectivity index (χ4v) is 10.4. The highest BCUT2D eigenvalue weighted by atomic mass is 32.2. The predicted octanol–water partition coefficient (Wildman–Crippen LogP) is 3.82. The Morgan fingerprint density at radius 2 is 1.72 bits per heavy atom. The SMILES string of the molecule is C[C@@H]1CCC(OCC(=O)OCC(F)(F)S(=O)(=O)O)=C2C[C@H]3[C@@H]4C(OC=O)C[C@@H]5CC(OC=O)CC[C@]5(C)[C@H]4CC(OC=O)[C@]3(C)[C@H]21. The molecule has 46 heavy (non-hydrogen) atoms. The molecule has 0 aliphatic heterocycles. The molecule has 15 heteroatoms. The normalized spacial score (nSPS) is 40.3. The maximum atomic E-state index is 13.6. The lowest BCUT2D eigenvalue weighted by molar-refractivity contribution is -0.218. The van der Waals surface area contributed by atoms with E-state index in [-0.39, 0.29) is 47.0 Å². The van der Waals surface area contributed by atoms with Crippen LogP contribution in [0.5, 0.6) is 0 Å². The molecule has 5 rings (SSSR count). The fourth-order valence-electron chi connectivity index (χ4n) is 10.2. The van der Waals surface area contributed by atoms with E-state index in [0.717, 1.165) is 12.0 Å². The lowest BCUT2D eigenvalue weighted by Crippen LogP contribution is -2.63. The minimum atomic E-state index is -5.77. The molecule has 0 heterocycles. The van der Waals surface area contributed by atoms with Crippen molar-refractivity contribution in [1.29, 1.82) is 0 Å². The maximum absolute atomic E-state index is 13.6. The minimum absolute atomic E-state index is 0.0243. The Morgan fingerprint density at radius 3 is 2.37 bits per heavy atom. The number of rotatable bonds is 12. The van der Waals surface area contributed by atoms with Crippen LogP contribution in [-0.2, 0) is 53.0 Å². The number of alkyl halides is 2. The summed E-state index contributed by atoms with van der Waals surface area (Å²) in [5, 5.41) is -4.66. The zero-order valence-corrected chi connectivity index (χ0v) is 26.9. The summed E-state index contributed by atoms with van der Waals surface area (Å²) in [4.78, 5) is 47.2. The third kappa shape index (κ3) is 5.79.